The number of carboxylic acids is 1. The summed E-state index contributed by atoms with van der Waals surface area (Å²) in [6.45, 7) is 2.66. The summed E-state index contributed by atoms with van der Waals surface area (Å²) in [5, 5.41) is 18.7. The highest BCUT2D eigenvalue weighted by atomic mass is 16.5. The standard InChI is InChI=1S/C13H20N2O5/c1-9-6-11(16)13(19)10(15(9)4-5-20-3)7-14(2)8-12(17)18/h6,19H,4-5,7-8H2,1-3H3,(H,17,18). The highest BCUT2D eigenvalue weighted by molar-refractivity contribution is 5.69. The van der Waals surface area contributed by atoms with E-state index in [1.165, 1.54) is 11.0 Å². The Morgan fingerprint density at radius 1 is 1.50 bits per heavy atom. The molecule has 0 amide bonds. The van der Waals surface area contributed by atoms with Crippen LogP contribution in [0.5, 0.6) is 5.75 Å². The van der Waals surface area contributed by atoms with E-state index in [4.69, 9.17) is 9.84 Å². The summed E-state index contributed by atoms with van der Waals surface area (Å²) in [5.41, 5.74) is 0.634. The molecule has 1 aromatic heterocycles. The third-order valence-electron chi connectivity index (χ3n) is 2.94. The van der Waals surface area contributed by atoms with Crippen molar-refractivity contribution in [3.05, 3.63) is 27.7 Å². The van der Waals surface area contributed by atoms with E-state index in [-0.39, 0.29) is 18.8 Å². The predicted octanol–water partition coefficient (Wildman–Crippen LogP) is 0.0251. The molecule has 0 radical (unpaired) electrons. The third kappa shape index (κ3) is 4.07. The fraction of sp³-hybridized carbons (Fsp3) is 0.538. The second-order valence-corrected chi connectivity index (χ2v) is 4.66. The van der Waals surface area contributed by atoms with Crippen molar-refractivity contribution >= 4 is 5.97 Å². The molecule has 0 fully saturated rings. The first-order valence-electron chi connectivity index (χ1n) is 6.18. The first kappa shape index (κ1) is 16.2. The molecule has 1 rings (SSSR count). The number of ether oxygens (including phenoxy) is 1. The van der Waals surface area contributed by atoms with Gasteiger partial charge in [0.1, 0.15) is 0 Å². The molecule has 0 atom stereocenters. The van der Waals surface area contributed by atoms with E-state index in [1.807, 2.05) is 0 Å². The highest BCUT2D eigenvalue weighted by Gasteiger charge is 2.16. The van der Waals surface area contributed by atoms with Crippen LogP contribution in [-0.2, 0) is 22.6 Å². The van der Waals surface area contributed by atoms with Crippen molar-refractivity contribution in [1.82, 2.24) is 9.47 Å². The third-order valence-corrected chi connectivity index (χ3v) is 2.94. The molecule has 0 aliphatic carbocycles. The molecule has 0 spiro atoms. The molecular weight excluding hydrogens is 264 g/mol. The molecule has 1 aromatic rings. The molecule has 0 bridgehead atoms. The van der Waals surface area contributed by atoms with Gasteiger partial charge in [-0.15, -0.1) is 0 Å². The number of hydrogen-bond donors (Lipinski definition) is 2. The molecule has 0 unspecified atom stereocenters. The first-order valence-corrected chi connectivity index (χ1v) is 6.18. The quantitative estimate of drug-likeness (QED) is 0.733. The normalized spacial score (nSPS) is 11.0. The van der Waals surface area contributed by atoms with Crippen molar-refractivity contribution in [3.8, 4) is 5.75 Å². The maximum absolute atomic E-state index is 11.7. The average molecular weight is 284 g/mol. The topological polar surface area (TPSA) is 92.0 Å². The smallest absolute Gasteiger partial charge is 0.317 e. The van der Waals surface area contributed by atoms with E-state index in [2.05, 4.69) is 0 Å². The zero-order valence-corrected chi connectivity index (χ0v) is 11.9. The second kappa shape index (κ2) is 7.06. The van der Waals surface area contributed by atoms with E-state index in [0.29, 0.717) is 24.5 Å². The average Bonchev–Trinajstić information content (AvgIpc) is 2.34. The second-order valence-electron chi connectivity index (χ2n) is 4.66. The van der Waals surface area contributed by atoms with Gasteiger partial charge in [0, 0.05) is 32.0 Å². The Hall–Kier alpha value is -1.86. The summed E-state index contributed by atoms with van der Waals surface area (Å²) in [6, 6.07) is 1.35. The van der Waals surface area contributed by atoms with Gasteiger partial charge in [-0.25, -0.2) is 0 Å². The molecule has 0 saturated heterocycles. The van der Waals surface area contributed by atoms with Gasteiger partial charge in [-0.05, 0) is 14.0 Å². The number of aryl methyl sites for hydroxylation is 1. The van der Waals surface area contributed by atoms with Crippen molar-refractivity contribution in [2.24, 2.45) is 0 Å². The monoisotopic (exact) mass is 284 g/mol. The molecule has 7 heteroatoms. The van der Waals surface area contributed by atoms with Crippen LogP contribution in [0.3, 0.4) is 0 Å². The Kier molecular flexibility index (Phi) is 5.72. The summed E-state index contributed by atoms with van der Waals surface area (Å²) in [5.74, 6) is -1.31. The Morgan fingerprint density at radius 2 is 2.15 bits per heavy atom. The SMILES string of the molecule is COCCn1c(C)cc(=O)c(O)c1CN(C)CC(=O)O. The molecule has 1 heterocycles. The maximum Gasteiger partial charge on any atom is 0.317 e. The van der Waals surface area contributed by atoms with Crippen LogP contribution >= 0.6 is 0 Å². The minimum absolute atomic E-state index is 0.165. The Labute approximate surface area is 117 Å². The molecule has 112 valence electrons. The van der Waals surface area contributed by atoms with Gasteiger partial charge in [0.15, 0.2) is 5.75 Å². The lowest BCUT2D eigenvalue weighted by Crippen LogP contribution is -2.29. The van der Waals surface area contributed by atoms with Gasteiger partial charge in [-0.2, -0.15) is 0 Å². The molecule has 0 aliphatic heterocycles. The lowest BCUT2D eigenvalue weighted by atomic mass is 10.2. The van der Waals surface area contributed by atoms with Crippen LogP contribution in [0.15, 0.2) is 10.9 Å². The number of likely N-dealkylation sites (N-methyl/N-ethyl adjacent to an activating group) is 1. The minimum Gasteiger partial charge on any atom is -0.503 e. The summed E-state index contributed by atoms with van der Waals surface area (Å²) < 4.78 is 6.77. The van der Waals surface area contributed by atoms with Crippen molar-refractivity contribution < 1.29 is 19.7 Å². The molecular formula is C13H20N2O5. The van der Waals surface area contributed by atoms with Gasteiger partial charge >= 0.3 is 5.97 Å². The summed E-state index contributed by atoms with van der Waals surface area (Å²) >= 11 is 0. The van der Waals surface area contributed by atoms with Crippen molar-refractivity contribution in [1.29, 1.82) is 0 Å². The van der Waals surface area contributed by atoms with Crippen LogP contribution in [0.25, 0.3) is 0 Å². The van der Waals surface area contributed by atoms with E-state index < -0.39 is 11.4 Å². The predicted molar refractivity (Wildman–Crippen MR) is 72.9 cm³/mol. The summed E-state index contributed by atoms with van der Waals surface area (Å²) in [7, 11) is 3.18. The number of carboxylic acid groups (broad SMARTS) is 1. The lowest BCUT2D eigenvalue weighted by molar-refractivity contribution is -0.138. The number of aromatic nitrogens is 1. The molecule has 2 N–H and O–H groups in total. The fourth-order valence-corrected chi connectivity index (χ4v) is 2.02. The van der Waals surface area contributed by atoms with Crippen LogP contribution in [-0.4, -0.2) is 53.0 Å². The van der Waals surface area contributed by atoms with Gasteiger partial charge in [0.25, 0.3) is 0 Å². The minimum atomic E-state index is -0.967. The van der Waals surface area contributed by atoms with Crippen LogP contribution in [0, 0.1) is 6.92 Å². The van der Waals surface area contributed by atoms with Crippen molar-refractivity contribution in [3.63, 3.8) is 0 Å². The number of aliphatic carboxylic acids is 1. The van der Waals surface area contributed by atoms with Gasteiger partial charge < -0.3 is 19.5 Å². The van der Waals surface area contributed by atoms with Gasteiger partial charge in [-0.3, -0.25) is 14.5 Å². The van der Waals surface area contributed by atoms with Crippen LogP contribution in [0.2, 0.25) is 0 Å². The fourth-order valence-electron chi connectivity index (χ4n) is 2.02. The summed E-state index contributed by atoms with van der Waals surface area (Å²) in [4.78, 5) is 23.9. The Balaban J connectivity index is 3.13. The molecule has 0 aliphatic rings. The van der Waals surface area contributed by atoms with Crippen LogP contribution in [0.4, 0.5) is 0 Å². The number of nitrogens with zero attached hydrogens (tertiary/aromatic N) is 2. The number of methoxy groups -OCH3 is 1. The molecule has 7 nitrogen and oxygen atoms in total. The Morgan fingerprint density at radius 3 is 2.70 bits per heavy atom. The highest BCUT2D eigenvalue weighted by Crippen LogP contribution is 2.16. The van der Waals surface area contributed by atoms with E-state index in [9.17, 15) is 14.7 Å². The lowest BCUT2D eigenvalue weighted by Gasteiger charge is -2.21. The van der Waals surface area contributed by atoms with E-state index in [0.717, 1.165) is 0 Å². The van der Waals surface area contributed by atoms with E-state index >= 15 is 0 Å². The number of aromatic hydroxyl groups is 1. The summed E-state index contributed by atoms with van der Waals surface area (Å²) in [6.07, 6.45) is 0. The van der Waals surface area contributed by atoms with E-state index in [1.54, 1.807) is 25.6 Å². The van der Waals surface area contributed by atoms with Crippen molar-refractivity contribution in [2.75, 3.05) is 27.3 Å². The van der Waals surface area contributed by atoms with Crippen molar-refractivity contribution in [2.45, 2.75) is 20.0 Å². The molecule has 0 saturated carbocycles. The number of rotatable bonds is 7. The zero-order valence-electron chi connectivity index (χ0n) is 11.9. The zero-order chi connectivity index (χ0) is 15.3. The Bertz CT molecular complexity index is 538. The van der Waals surface area contributed by atoms with Gasteiger partial charge in [0.2, 0.25) is 5.43 Å². The number of carbonyl (C=O) groups is 1. The number of pyridine rings is 1. The first-order chi connectivity index (χ1) is 9.36. The van der Waals surface area contributed by atoms with Gasteiger partial charge in [-0.1, -0.05) is 0 Å². The molecule has 0 aromatic carbocycles. The van der Waals surface area contributed by atoms with Crippen LogP contribution < -0.4 is 5.43 Å². The van der Waals surface area contributed by atoms with Gasteiger partial charge in [0.05, 0.1) is 18.8 Å². The molecule has 20 heavy (non-hydrogen) atoms. The largest absolute Gasteiger partial charge is 0.503 e. The maximum atomic E-state index is 11.7. The van der Waals surface area contributed by atoms with Crippen LogP contribution in [0.1, 0.15) is 11.4 Å². The number of hydrogen-bond acceptors (Lipinski definition) is 5.